The average Bonchev–Trinajstić information content (AvgIpc) is 3.66. The third kappa shape index (κ3) is 5.39. The number of aromatic nitrogens is 4. The first-order valence-electron chi connectivity index (χ1n) is 15.2. The van der Waals surface area contributed by atoms with Gasteiger partial charge in [-0.15, -0.1) is 0 Å². The molecule has 244 valence electrons. The van der Waals surface area contributed by atoms with Crippen molar-refractivity contribution in [3.05, 3.63) is 108 Å². The van der Waals surface area contributed by atoms with E-state index in [2.05, 4.69) is 20.3 Å². The summed E-state index contributed by atoms with van der Waals surface area (Å²) >= 11 is 0. The van der Waals surface area contributed by atoms with E-state index in [1.54, 1.807) is 47.9 Å². The molecule has 0 bridgehead atoms. The van der Waals surface area contributed by atoms with Crippen molar-refractivity contribution >= 4 is 22.8 Å². The summed E-state index contributed by atoms with van der Waals surface area (Å²) in [5.74, 6) is -3.04. The zero-order valence-electron chi connectivity index (χ0n) is 25.2. The number of halogens is 2. The lowest BCUT2D eigenvalue weighted by Crippen LogP contribution is -2.44. The van der Waals surface area contributed by atoms with Crippen molar-refractivity contribution in [2.45, 2.75) is 61.9 Å². The number of para-hydroxylation sites is 1. The second-order valence-corrected chi connectivity index (χ2v) is 11.9. The Morgan fingerprint density at radius 2 is 1.72 bits per heavy atom. The van der Waals surface area contributed by atoms with Crippen molar-refractivity contribution in [3.63, 3.8) is 0 Å². The summed E-state index contributed by atoms with van der Waals surface area (Å²) in [6.07, 6.45) is -5.43. The predicted molar refractivity (Wildman–Crippen MR) is 166 cm³/mol. The van der Waals surface area contributed by atoms with E-state index in [1.807, 2.05) is 30.3 Å². The minimum Gasteiger partial charge on any atom is -0.491 e. The fraction of sp³-hybridized carbons (Fsp3) is 0.324. The molecule has 5 aromatic rings. The van der Waals surface area contributed by atoms with Crippen molar-refractivity contribution in [1.29, 1.82) is 0 Å². The number of hydrogen-bond donors (Lipinski definition) is 5. The van der Waals surface area contributed by atoms with Crippen molar-refractivity contribution in [2.24, 2.45) is 0 Å². The van der Waals surface area contributed by atoms with Gasteiger partial charge in [0.15, 0.2) is 17.5 Å². The number of hydrogen-bond acceptors (Lipinski definition) is 10. The highest BCUT2D eigenvalue weighted by Crippen LogP contribution is 2.56. The number of imidazole rings is 1. The van der Waals surface area contributed by atoms with Gasteiger partial charge >= 0.3 is 5.92 Å². The van der Waals surface area contributed by atoms with Crippen LogP contribution in [0.15, 0.2) is 85.2 Å². The molecule has 1 aliphatic heterocycles. The van der Waals surface area contributed by atoms with E-state index in [0.717, 1.165) is 5.69 Å². The first-order chi connectivity index (χ1) is 22.6. The third-order valence-corrected chi connectivity index (χ3v) is 8.92. The van der Waals surface area contributed by atoms with Gasteiger partial charge in [-0.2, -0.15) is 13.8 Å². The standard InChI is InChI=1S/C34H33F2N5O6/c1-19-26-30(40-32(38-19)39-21-9-3-2-4-10-21)41(18-37-26)31-28(43)27(42)25(47-31)17-46-22-11-7-8-20(16-22)14-15-33(45)24-13-6-5-12-23(24)29(44)34(33,35)36/h2-13,16,18,25,27-29,31,42-45H,14-15,17H2,1H3,(H,38,39,40)/t25-,27-,28-,29+,31-,33-/m1/s1. The lowest BCUT2D eigenvalue weighted by atomic mass is 9.86. The van der Waals surface area contributed by atoms with Crippen LogP contribution in [0.3, 0.4) is 0 Å². The van der Waals surface area contributed by atoms with Crippen molar-refractivity contribution in [1.82, 2.24) is 19.5 Å². The van der Waals surface area contributed by atoms with Gasteiger partial charge in [-0.25, -0.2) is 9.97 Å². The second kappa shape index (κ2) is 11.9. The number of anilines is 2. The van der Waals surface area contributed by atoms with Gasteiger partial charge in [0.05, 0.1) is 12.0 Å². The Hall–Kier alpha value is -4.53. The molecule has 5 N–H and O–H groups in total. The van der Waals surface area contributed by atoms with Crippen molar-refractivity contribution < 1.29 is 38.7 Å². The molecule has 2 aromatic heterocycles. The topological polar surface area (TPSA) is 155 Å². The maximum absolute atomic E-state index is 15.1. The van der Waals surface area contributed by atoms with Crippen LogP contribution >= 0.6 is 0 Å². The molecule has 1 fully saturated rings. The first kappa shape index (κ1) is 31.1. The van der Waals surface area contributed by atoms with Crippen LogP contribution < -0.4 is 10.1 Å². The van der Waals surface area contributed by atoms with E-state index < -0.39 is 42.2 Å². The zero-order valence-corrected chi connectivity index (χ0v) is 25.2. The van der Waals surface area contributed by atoms with E-state index in [9.17, 15) is 20.4 Å². The Balaban J connectivity index is 1.03. The average molecular weight is 646 g/mol. The molecule has 0 saturated carbocycles. The number of fused-ring (bicyclic) bond motifs is 2. The van der Waals surface area contributed by atoms with E-state index >= 15 is 8.78 Å². The molecule has 0 amide bonds. The maximum Gasteiger partial charge on any atom is 0.309 e. The van der Waals surface area contributed by atoms with Gasteiger partial charge in [-0.05, 0) is 60.7 Å². The Morgan fingerprint density at radius 3 is 2.53 bits per heavy atom. The molecular weight excluding hydrogens is 612 g/mol. The van der Waals surface area contributed by atoms with Gasteiger partial charge in [0.2, 0.25) is 5.95 Å². The highest BCUT2D eigenvalue weighted by atomic mass is 19.3. The van der Waals surface area contributed by atoms with Gasteiger partial charge < -0.3 is 35.2 Å². The van der Waals surface area contributed by atoms with Crippen molar-refractivity contribution in [3.8, 4) is 5.75 Å². The normalized spacial score (nSPS) is 26.4. The lowest BCUT2D eigenvalue weighted by Gasteiger charge is -2.32. The summed E-state index contributed by atoms with van der Waals surface area (Å²) in [7, 11) is 0. The van der Waals surface area contributed by atoms with E-state index in [0.29, 0.717) is 34.1 Å². The van der Waals surface area contributed by atoms with Gasteiger partial charge in [0.25, 0.3) is 0 Å². The highest BCUT2D eigenvalue weighted by Gasteiger charge is 2.64. The van der Waals surface area contributed by atoms with Gasteiger partial charge in [-0.3, -0.25) is 4.57 Å². The van der Waals surface area contributed by atoms with Crippen LogP contribution in [0.5, 0.6) is 5.75 Å². The van der Waals surface area contributed by atoms with Crippen LogP contribution in [0, 0.1) is 6.92 Å². The lowest BCUT2D eigenvalue weighted by molar-refractivity contribution is -0.226. The molecule has 1 aliphatic carbocycles. The zero-order chi connectivity index (χ0) is 32.9. The van der Waals surface area contributed by atoms with E-state index in [-0.39, 0.29) is 30.6 Å². The SMILES string of the molecule is Cc1nc(Nc2ccccc2)nc2c1ncn2[C@@H]1O[C@H](COc2cccc(CC[C@@]3(O)c4ccccc4[C@H](O)C3(F)F)c2)[C@@H](O)[C@H]1O. The minimum absolute atomic E-state index is 0.0151. The summed E-state index contributed by atoms with van der Waals surface area (Å²) in [4.78, 5) is 13.5. The molecular formula is C34H33F2N5O6. The quantitative estimate of drug-likeness (QED) is 0.158. The fourth-order valence-electron chi connectivity index (χ4n) is 6.36. The maximum atomic E-state index is 15.1. The first-order valence-corrected chi connectivity index (χ1v) is 15.2. The van der Waals surface area contributed by atoms with Crippen LogP contribution in [0.4, 0.5) is 20.4 Å². The molecule has 0 unspecified atom stereocenters. The molecule has 7 rings (SSSR count). The molecule has 13 heteroatoms. The fourth-order valence-corrected chi connectivity index (χ4v) is 6.36. The van der Waals surface area contributed by atoms with Gasteiger partial charge in [-0.1, -0.05) is 54.6 Å². The van der Waals surface area contributed by atoms with E-state index in [4.69, 9.17) is 9.47 Å². The largest absolute Gasteiger partial charge is 0.491 e. The number of nitrogens with one attached hydrogen (secondary N) is 1. The van der Waals surface area contributed by atoms with Crippen molar-refractivity contribution in [2.75, 3.05) is 11.9 Å². The number of benzene rings is 3. The van der Waals surface area contributed by atoms with Crippen LogP contribution in [0.1, 0.15) is 41.1 Å². The second-order valence-electron chi connectivity index (χ2n) is 11.9. The van der Waals surface area contributed by atoms with Crippen LogP contribution in [0.2, 0.25) is 0 Å². The van der Waals surface area contributed by atoms with Crippen LogP contribution in [-0.2, 0) is 16.8 Å². The number of aliphatic hydroxyl groups is 4. The molecule has 0 radical (unpaired) electrons. The molecule has 6 atom stereocenters. The van der Waals surface area contributed by atoms with Crippen LogP contribution in [-0.4, -0.2) is 70.8 Å². The van der Waals surface area contributed by atoms with Crippen LogP contribution in [0.25, 0.3) is 11.2 Å². The Morgan fingerprint density at radius 1 is 0.957 bits per heavy atom. The molecule has 2 aliphatic rings. The Labute approximate surface area is 268 Å². The number of alkyl halides is 2. The molecule has 0 spiro atoms. The summed E-state index contributed by atoms with van der Waals surface area (Å²) < 4.78 is 43.7. The number of aryl methyl sites for hydroxylation is 2. The number of aliphatic hydroxyl groups excluding tert-OH is 3. The molecule has 11 nitrogen and oxygen atoms in total. The number of nitrogens with zero attached hydrogens (tertiary/aromatic N) is 4. The smallest absolute Gasteiger partial charge is 0.309 e. The molecule has 47 heavy (non-hydrogen) atoms. The number of ether oxygens (including phenoxy) is 2. The van der Waals surface area contributed by atoms with Gasteiger partial charge in [0.1, 0.15) is 42.3 Å². The van der Waals surface area contributed by atoms with E-state index in [1.165, 1.54) is 18.5 Å². The predicted octanol–water partition coefficient (Wildman–Crippen LogP) is 4.08. The monoisotopic (exact) mass is 645 g/mol. The highest BCUT2D eigenvalue weighted by molar-refractivity contribution is 5.75. The summed E-state index contributed by atoms with van der Waals surface area (Å²) in [5.41, 5.74) is 0.453. The Bertz CT molecular complexity index is 1910. The van der Waals surface area contributed by atoms with Gasteiger partial charge in [0, 0.05) is 5.69 Å². The summed E-state index contributed by atoms with van der Waals surface area (Å²) in [6.45, 7) is 1.67. The molecule has 3 aromatic carbocycles. The summed E-state index contributed by atoms with van der Waals surface area (Å²) in [6, 6.07) is 22.1. The molecule has 1 saturated heterocycles. The third-order valence-electron chi connectivity index (χ3n) is 8.92. The molecule has 3 heterocycles. The number of rotatable bonds is 9. The Kier molecular flexibility index (Phi) is 7.89. The summed E-state index contributed by atoms with van der Waals surface area (Å²) in [5, 5.41) is 46.3. The minimum atomic E-state index is -3.76.